The van der Waals surface area contributed by atoms with E-state index in [9.17, 15) is 0 Å². The fourth-order valence-electron chi connectivity index (χ4n) is 1.28. The molecule has 2 rings (SSSR count). The zero-order valence-corrected chi connectivity index (χ0v) is 9.03. The molecule has 0 atom stereocenters. The minimum atomic E-state index is 0.663. The molecule has 0 aliphatic heterocycles. The Bertz CT molecular complexity index is 485. The summed E-state index contributed by atoms with van der Waals surface area (Å²) in [6, 6.07) is 9.60. The van der Waals surface area contributed by atoms with Gasteiger partial charge in [-0.05, 0) is 18.2 Å². The van der Waals surface area contributed by atoms with Crippen LogP contribution < -0.4 is 4.90 Å². The first-order chi connectivity index (χ1) is 7.31. The SMILES string of the molecule is CN(c1cccc(C#N)c1)c1nccs1. The smallest absolute Gasteiger partial charge is 0.189 e. The van der Waals surface area contributed by atoms with Crippen LogP contribution in [-0.2, 0) is 0 Å². The number of thiazole rings is 1. The van der Waals surface area contributed by atoms with Gasteiger partial charge in [-0.25, -0.2) is 4.98 Å². The van der Waals surface area contributed by atoms with Gasteiger partial charge < -0.3 is 4.90 Å². The molecule has 0 aliphatic rings. The Labute approximate surface area is 92.2 Å². The van der Waals surface area contributed by atoms with E-state index in [2.05, 4.69) is 11.1 Å². The van der Waals surface area contributed by atoms with Gasteiger partial charge in [0, 0.05) is 24.3 Å². The third-order valence-electron chi connectivity index (χ3n) is 2.07. The summed E-state index contributed by atoms with van der Waals surface area (Å²) in [5.74, 6) is 0. The van der Waals surface area contributed by atoms with E-state index in [0.717, 1.165) is 10.8 Å². The van der Waals surface area contributed by atoms with Crippen LogP contribution in [0.15, 0.2) is 35.8 Å². The van der Waals surface area contributed by atoms with Crippen LogP contribution in [0.3, 0.4) is 0 Å². The third kappa shape index (κ3) is 1.97. The predicted molar refractivity (Wildman–Crippen MR) is 61.3 cm³/mol. The first kappa shape index (κ1) is 9.69. The van der Waals surface area contributed by atoms with Crippen LogP contribution in [-0.4, -0.2) is 12.0 Å². The van der Waals surface area contributed by atoms with Gasteiger partial charge in [-0.1, -0.05) is 6.07 Å². The van der Waals surface area contributed by atoms with Crippen molar-refractivity contribution in [2.75, 3.05) is 11.9 Å². The molecule has 0 fully saturated rings. The van der Waals surface area contributed by atoms with Crippen molar-refractivity contribution >= 4 is 22.2 Å². The number of anilines is 2. The van der Waals surface area contributed by atoms with Crippen LogP contribution in [0, 0.1) is 11.3 Å². The molecule has 74 valence electrons. The zero-order chi connectivity index (χ0) is 10.7. The zero-order valence-electron chi connectivity index (χ0n) is 8.21. The maximum atomic E-state index is 8.79. The first-order valence-corrected chi connectivity index (χ1v) is 5.32. The molecule has 0 N–H and O–H groups in total. The summed E-state index contributed by atoms with van der Waals surface area (Å²) in [6.07, 6.45) is 1.77. The predicted octanol–water partition coefficient (Wildman–Crippen LogP) is 2.78. The van der Waals surface area contributed by atoms with Crippen LogP contribution >= 0.6 is 11.3 Å². The van der Waals surface area contributed by atoms with Gasteiger partial charge in [0.25, 0.3) is 0 Å². The molecule has 0 saturated heterocycles. The lowest BCUT2D eigenvalue weighted by Gasteiger charge is -2.15. The minimum absolute atomic E-state index is 0.663. The van der Waals surface area contributed by atoms with Crippen LogP contribution in [0.4, 0.5) is 10.8 Å². The third-order valence-corrected chi connectivity index (χ3v) is 2.92. The Morgan fingerprint density at radius 1 is 1.47 bits per heavy atom. The van der Waals surface area contributed by atoms with E-state index >= 15 is 0 Å². The van der Waals surface area contributed by atoms with Crippen molar-refractivity contribution in [3.63, 3.8) is 0 Å². The summed E-state index contributed by atoms with van der Waals surface area (Å²) in [7, 11) is 1.94. The number of hydrogen-bond donors (Lipinski definition) is 0. The van der Waals surface area contributed by atoms with Crippen LogP contribution in [0.2, 0.25) is 0 Å². The molecule has 0 radical (unpaired) electrons. The molecular formula is C11H9N3S. The lowest BCUT2D eigenvalue weighted by atomic mass is 10.2. The Morgan fingerprint density at radius 3 is 3.00 bits per heavy atom. The molecule has 1 heterocycles. The summed E-state index contributed by atoms with van der Waals surface area (Å²) in [5, 5.41) is 11.6. The largest absolute Gasteiger partial charge is 0.321 e. The molecule has 0 saturated carbocycles. The fraction of sp³-hybridized carbons (Fsp3) is 0.0909. The highest BCUT2D eigenvalue weighted by atomic mass is 32.1. The summed E-state index contributed by atoms with van der Waals surface area (Å²) in [6.45, 7) is 0. The van der Waals surface area contributed by atoms with Gasteiger partial charge in [-0.15, -0.1) is 11.3 Å². The molecule has 2 aromatic rings. The van der Waals surface area contributed by atoms with E-state index in [1.807, 2.05) is 35.5 Å². The Kier molecular flexibility index (Phi) is 2.66. The van der Waals surface area contributed by atoms with Gasteiger partial charge >= 0.3 is 0 Å². The maximum Gasteiger partial charge on any atom is 0.189 e. The lowest BCUT2D eigenvalue weighted by molar-refractivity contribution is 1.17. The number of aromatic nitrogens is 1. The Morgan fingerprint density at radius 2 is 2.33 bits per heavy atom. The number of benzene rings is 1. The topological polar surface area (TPSA) is 39.9 Å². The van der Waals surface area contributed by atoms with E-state index in [1.54, 1.807) is 23.6 Å². The Balaban J connectivity index is 2.34. The average Bonchev–Trinajstić information content (AvgIpc) is 2.81. The van der Waals surface area contributed by atoms with Crippen LogP contribution in [0.5, 0.6) is 0 Å². The molecule has 1 aromatic carbocycles. The monoisotopic (exact) mass is 215 g/mol. The molecule has 1 aromatic heterocycles. The minimum Gasteiger partial charge on any atom is -0.321 e. The van der Waals surface area contributed by atoms with Gasteiger partial charge in [0.15, 0.2) is 5.13 Å². The number of nitrogens with zero attached hydrogens (tertiary/aromatic N) is 3. The van der Waals surface area contributed by atoms with Crippen molar-refractivity contribution in [1.82, 2.24) is 4.98 Å². The van der Waals surface area contributed by atoms with Crippen LogP contribution in [0.25, 0.3) is 0 Å². The maximum absolute atomic E-state index is 8.79. The van der Waals surface area contributed by atoms with Crippen molar-refractivity contribution in [3.05, 3.63) is 41.4 Å². The first-order valence-electron chi connectivity index (χ1n) is 4.44. The van der Waals surface area contributed by atoms with Crippen molar-refractivity contribution in [2.24, 2.45) is 0 Å². The van der Waals surface area contributed by atoms with Crippen molar-refractivity contribution < 1.29 is 0 Å². The van der Waals surface area contributed by atoms with Crippen molar-refractivity contribution in [1.29, 1.82) is 5.26 Å². The highest BCUT2D eigenvalue weighted by Gasteiger charge is 2.06. The highest BCUT2D eigenvalue weighted by molar-refractivity contribution is 7.13. The van der Waals surface area contributed by atoms with Crippen molar-refractivity contribution in [2.45, 2.75) is 0 Å². The van der Waals surface area contributed by atoms with E-state index in [-0.39, 0.29) is 0 Å². The number of hydrogen-bond acceptors (Lipinski definition) is 4. The van der Waals surface area contributed by atoms with Crippen LogP contribution in [0.1, 0.15) is 5.56 Å². The average molecular weight is 215 g/mol. The van der Waals surface area contributed by atoms with E-state index in [4.69, 9.17) is 5.26 Å². The van der Waals surface area contributed by atoms with Gasteiger partial charge in [-0.3, -0.25) is 0 Å². The summed E-state index contributed by atoms with van der Waals surface area (Å²) < 4.78 is 0. The molecule has 0 unspecified atom stereocenters. The second-order valence-corrected chi connectivity index (χ2v) is 3.91. The molecule has 0 bridgehead atoms. The molecule has 3 nitrogen and oxygen atoms in total. The van der Waals surface area contributed by atoms with Gasteiger partial charge in [0.1, 0.15) is 0 Å². The van der Waals surface area contributed by atoms with Gasteiger partial charge in [-0.2, -0.15) is 5.26 Å². The second-order valence-electron chi connectivity index (χ2n) is 3.04. The fourth-order valence-corrected chi connectivity index (χ4v) is 1.90. The molecule has 0 amide bonds. The van der Waals surface area contributed by atoms with E-state index in [1.165, 1.54) is 0 Å². The second kappa shape index (κ2) is 4.11. The van der Waals surface area contributed by atoms with E-state index < -0.39 is 0 Å². The molecule has 4 heteroatoms. The molecular weight excluding hydrogens is 206 g/mol. The summed E-state index contributed by atoms with van der Waals surface area (Å²) in [4.78, 5) is 6.17. The summed E-state index contributed by atoms with van der Waals surface area (Å²) >= 11 is 1.57. The normalized spacial score (nSPS) is 9.60. The lowest BCUT2D eigenvalue weighted by Crippen LogP contribution is -2.08. The standard InChI is InChI=1S/C11H9N3S/c1-14(11-13-5-6-15-11)10-4-2-3-9(7-10)8-12/h2-7H,1H3. The number of nitriles is 1. The van der Waals surface area contributed by atoms with Gasteiger partial charge in [0.2, 0.25) is 0 Å². The number of rotatable bonds is 2. The van der Waals surface area contributed by atoms with E-state index in [0.29, 0.717) is 5.56 Å². The quantitative estimate of drug-likeness (QED) is 0.773. The van der Waals surface area contributed by atoms with Crippen molar-refractivity contribution in [3.8, 4) is 6.07 Å². The highest BCUT2D eigenvalue weighted by Crippen LogP contribution is 2.25. The Hall–Kier alpha value is -1.86. The molecule has 0 spiro atoms. The van der Waals surface area contributed by atoms with Gasteiger partial charge in [0.05, 0.1) is 11.6 Å². The molecule has 15 heavy (non-hydrogen) atoms. The molecule has 0 aliphatic carbocycles. The summed E-state index contributed by atoms with van der Waals surface area (Å²) in [5.41, 5.74) is 1.64.